The van der Waals surface area contributed by atoms with E-state index in [1.165, 1.54) is 4.57 Å². The van der Waals surface area contributed by atoms with Crippen LogP contribution in [-0.4, -0.2) is 36.5 Å². The number of carbonyl (C=O) groups excluding carboxylic acids is 1. The Hall–Kier alpha value is -2.13. The highest BCUT2D eigenvalue weighted by molar-refractivity contribution is 6.74. The SMILES string of the molecule is CCCCCC(=O)OCC1=C[C@@H](O[Si](C)(C)C(C)(C)C)[C@H](n2ccc(N)nc2=O)O1. The van der Waals surface area contributed by atoms with Gasteiger partial charge in [0.2, 0.25) is 6.23 Å². The highest BCUT2D eigenvalue weighted by atomic mass is 28.4. The van der Waals surface area contributed by atoms with Crippen molar-refractivity contribution in [2.45, 2.75) is 83.8 Å². The summed E-state index contributed by atoms with van der Waals surface area (Å²) in [5.74, 6) is 0.353. The topological polar surface area (TPSA) is 106 Å². The Kier molecular flexibility index (Phi) is 7.87. The van der Waals surface area contributed by atoms with Crippen LogP contribution in [0.5, 0.6) is 0 Å². The highest BCUT2D eigenvalue weighted by Crippen LogP contribution is 2.40. The predicted octanol–water partition coefficient (Wildman–Crippen LogP) is 3.75. The average molecular weight is 438 g/mol. The van der Waals surface area contributed by atoms with Crippen molar-refractivity contribution in [3.8, 4) is 0 Å². The fourth-order valence-corrected chi connectivity index (χ4v) is 4.01. The van der Waals surface area contributed by atoms with Gasteiger partial charge in [-0.1, -0.05) is 40.5 Å². The zero-order valence-electron chi connectivity index (χ0n) is 18.9. The molecule has 0 radical (unpaired) electrons. The van der Waals surface area contributed by atoms with Crippen molar-refractivity contribution < 1.29 is 18.7 Å². The first-order valence-electron chi connectivity index (χ1n) is 10.5. The number of hydrogen-bond acceptors (Lipinski definition) is 7. The second-order valence-corrected chi connectivity index (χ2v) is 13.9. The van der Waals surface area contributed by atoms with Crippen molar-refractivity contribution >= 4 is 20.1 Å². The molecule has 1 aromatic heterocycles. The van der Waals surface area contributed by atoms with Crippen molar-refractivity contribution in [2.75, 3.05) is 12.3 Å². The molecule has 9 heteroatoms. The second-order valence-electron chi connectivity index (χ2n) is 9.14. The molecule has 0 fully saturated rings. The van der Waals surface area contributed by atoms with Gasteiger partial charge in [-0.2, -0.15) is 4.98 Å². The van der Waals surface area contributed by atoms with Crippen LogP contribution in [0.15, 0.2) is 28.9 Å². The van der Waals surface area contributed by atoms with Gasteiger partial charge in [0.15, 0.2) is 8.32 Å². The molecule has 2 atom stereocenters. The summed E-state index contributed by atoms with van der Waals surface area (Å²) in [5.41, 5.74) is 5.10. The normalized spacial score (nSPS) is 19.3. The first kappa shape index (κ1) is 24.1. The molecule has 0 aliphatic carbocycles. The number of rotatable bonds is 9. The predicted molar refractivity (Wildman–Crippen MR) is 118 cm³/mol. The van der Waals surface area contributed by atoms with E-state index in [1.807, 2.05) is 0 Å². The number of nitrogens with two attached hydrogens (primary N) is 1. The van der Waals surface area contributed by atoms with E-state index >= 15 is 0 Å². The zero-order valence-corrected chi connectivity index (χ0v) is 19.9. The number of hydrogen-bond donors (Lipinski definition) is 1. The van der Waals surface area contributed by atoms with Gasteiger partial charge in [-0.25, -0.2) is 4.79 Å². The number of nitrogens with zero attached hydrogens (tertiary/aromatic N) is 2. The Balaban J connectivity index is 2.18. The zero-order chi connectivity index (χ0) is 22.5. The summed E-state index contributed by atoms with van der Waals surface area (Å²) in [6.07, 6.45) is 5.35. The van der Waals surface area contributed by atoms with Gasteiger partial charge in [-0.05, 0) is 36.7 Å². The lowest BCUT2D eigenvalue weighted by atomic mass is 10.2. The quantitative estimate of drug-likeness (QED) is 0.356. The third-order valence-corrected chi connectivity index (χ3v) is 10.1. The molecule has 8 nitrogen and oxygen atoms in total. The number of nitrogen functional groups attached to an aromatic ring is 1. The molecule has 0 saturated carbocycles. The van der Waals surface area contributed by atoms with E-state index in [1.54, 1.807) is 18.3 Å². The van der Waals surface area contributed by atoms with E-state index in [0.717, 1.165) is 19.3 Å². The van der Waals surface area contributed by atoms with Crippen LogP contribution >= 0.6 is 0 Å². The molecule has 0 saturated heterocycles. The number of anilines is 1. The molecule has 0 aromatic carbocycles. The summed E-state index contributed by atoms with van der Waals surface area (Å²) >= 11 is 0. The molecule has 2 rings (SSSR count). The van der Waals surface area contributed by atoms with E-state index < -0.39 is 26.3 Å². The fraction of sp³-hybridized carbons (Fsp3) is 0.667. The van der Waals surface area contributed by atoms with Gasteiger partial charge in [-0.3, -0.25) is 9.36 Å². The highest BCUT2D eigenvalue weighted by Gasteiger charge is 2.43. The van der Waals surface area contributed by atoms with E-state index in [4.69, 9.17) is 19.6 Å². The third-order valence-electron chi connectivity index (χ3n) is 5.63. The van der Waals surface area contributed by atoms with Crippen molar-refractivity contribution in [1.29, 1.82) is 0 Å². The molecule has 2 heterocycles. The number of carbonyl (C=O) groups is 1. The second kappa shape index (κ2) is 9.78. The van der Waals surface area contributed by atoms with Gasteiger partial charge in [-0.15, -0.1) is 0 Å². The van der Waals surface area contributed by atoms with E-state index in [2.05, 4.69) is 45.8 Å². The Morgan fingerprint density at radius 2 is 2.03 bits per heavy atom. The van der Waals surface area contributed by atoms with Gasteiger partial charge in [0.25, 0.3) is 0 Å². The monoisotopic (exact) mass is 437 g/mol. The Bertz CT molecular complexity index is 829. The molecule has 0 bridgehead atoms. The van der Waals surface area contributed by atoms with Crippen molar-refractivity contribution in [2.24, 2.45) is 0 Å². The van der Waals surface area contributed by atoms with Crippen LogP contribution < -0.4 is 11.4 Å². The molecule has 1 aliphatic heterocycles. The summed E-state index contributed by atoms with van der Waals surface area (Å²) in [7, 11) is -2.16. The lowest BCUT2D eigenvalue weighted by Gasteiger charge is -2.39. The van der Waals surface area contributed by atoms with Crippen LogP contribution in [0, 0.1) is 0 Å². The standard InChI is InChI=1S/C21H35N3O5Si/c1-7-8-9-10-18(25)27-14-15-13-16(29-30(5,6)21(2,3)4)19(28-15)24-12-11-17(22)23-20(24)26/h11-13,16,19H,7-10,14H2,1-6H3,(H2,22,23,26)/t16-,19-/m1/s1. The van der Waals surface area contributed by atoms with E-state index in [0.29, 0.717) is 12.2 Å². The molecular formula is C21H35N3O5Si. The van der Waals surface area contributed by atoms with Crippen molar-refractivity contribution in [1.82, 2.24) is 9.55 Å². The first-order chi connectivity index (χ1) is 13.9. The Labute approximate surface area is 179 Å². The average Bonchev–Trinajstić information content (AvgIpc) is 3.01. The lowest BCUT2D eigenvalue weighted by Crippen LogP contribution is -2.46. The molecular weight excluding hydrogens is 402 g/mol. The maximum atomic E-state index is 12.4. The summed E-state index contributed by atoms with van der Waals surface area (Å²) < 4.78 is 19.2. The van der Waals surface area contributed by atoms with Crippen LogP contribution in [0.3, 0.4) is 0 Å². The summed E-state index contributed by atoms with van der Waals surface area (Å²) in [4.78, 5) is 28.1. The van der Waals surface area contributed by atoms with Crippen molar-refractivity contribution in [3.63, 3.8) is 0 Å². The van der Waals surface area contributed by atoms with Gasteiger partial charge in [0, 0.05) is 12.6 Å². The molecule has 30 heavy (non-hydrogen) atoms. The van der Waals surface area contributed by atoms with Crippen LogP contribution in [0.2, 0.25) is 18.1 Å². The van der Waals surface area contributed by atoms with Gasteiger partial charge >= 0.3 is 11.7 Å². The fourth-order valence-electron chi connectivity index (χ4n) is 2.80. The van der Waals surface area contributed by atoms with Crippen LogP contribution in [-0.2, 0) is 18.7 Å². The van der Waals surface area contributed by atoms with E-state index in [-0.39, 0.29) is 23.4 Å². The largest absolute Gasteiger partial charge is 0.468 e. The lowest BCUT2D eigenvalue weighted by molar-refractivity contribution is -0.144. The smallest absolute Gasteiger partial charge is 0.352 e. The van der Waals surface area contributed by atoms with Crippen LogP contribution in [0.1, 0.15) is 59.6 Å². The molecule has 0 amide bonds. The first-order valence-corrected chi connectivity index (χ1v) is 13.4. The number of unbranched alkanes of at least 4 members (excludes halogenated alkanes) is 2. The number of aromatic nitrogens is 2. The molecule has 2 N–H and O–H groups in total. The summed E-state index contributed by atoms with van der Waals surface area (Å²) in [6.45, 7) is 12.8. The molecule has 0 spiro atoms. The minimum Gasteiger partial charge on any atom is -0.468 e. The van der Waals surface area contributed by atoms with Crippen molar-refractivity contribution in [3.05, 3.63) is 34.6 Å². The third kappa shape index (κ3) is 6.18. The summed E-state index contributed by atoms with van der Waals surface area (Å²) in [5, 5.41) is -0.0236. The molecule has 1 aliphatic rings. The van der Waals surface area contributed by atoms with Gasteiger partial charge < -0.3 is 19.6 Å². The van der Waals surface area contributed by atoms with Gasteiger partial charge in [0.1, 0.15) is 24.3 Å². The maximum Gasteiger partial charge on any atom is 0.352 e. The number of ether oxygens (including phenoxy) is 2. The summed E-state index contributed by atoms with van der Waals surface area (Å²) in [6, 6.07) is 1.54. The number of esters is 1. The minimum absolute atomic E-state index is 0.00989. The van der Waals surface area contributed by atoms with Crippen LogP contribution in [0.25, 0.3) is 0 Å². The Morgan fingerprint density at radius 1 is 1.33 bits per heavy atom. The minimum atomic E-state index is -2.16. The molecule has 1 aromatic rings. The maximum absolute atomic E-state index is 12.4. The van der Waals surface area contributed by atoms with Crippen LogP contribution in [0.4, 0.5) is 5.82 Å². The Morgan fingerprint density at radius 3 is 2.63 bits per heavy atom. The molecule has 0 unspecified atom stereocenters. The van der Waals surface area contributed by atoms with E-state index in [9.17, 15) is 9.59 Å². The molecule has 168 valence electrons. The van der Waals surface area contributed by atoms with Gasteiger partial charge in [0.05, 0.1) is 0 Å².